The molecule has 0 atom stereocenters. The topological polar surface area (TPSA) is 26.3 Å². The maximum Gasteiger partial charge on any atom is 1.00 e. The standard InChI is InChI=1S/C5H10O2.K.H/c1-4(2)5(6)7-3;;/h4H,1-3H3;;/q;+1;-1. The summed E-state index contributed by atoms with van der Waals surface area (Å²) in [6, 6.07) is 0. The number of methoxy groups -OCH3 is 1. The Bertz CT molecular complexity index is 75.4. The van der Waals surface area contributed by atoms with Gasteiger partial charge in [-0.05, 0) is 0 Å². The molecule has 0 saturated heterocycles. The van der Waals surface area contributed by atoms with E-state index in [0.29, 0.717) is 0 Å². The van der Waals surface area contributed by atoms with Crippen LogP contribution in [0.2, 0.25) is 0 Å². The molecular weight excluding hydrogens is 131 g/mol. The van der Waals surface area contributed by atoms with Crippen molar-refractivity contribution in [3.05, 3.63) is 0 Å². The van der Waals surface area contributed by atoms with Gasteiger partial charge in [0.15, 0.2) is 0 Å². The molecule has 44 valence electrons. The van der Waals surface area contributed by atoms with Gasteiger partial charge < -0.3 is 6.16 Å². The fourth-order valence-corrected chi connectivity index (χ4v) is 0.236. The van der Waals surface area contributed by atoms with Crippen molar-refractivity contribution in [2.45, 2.75) is 13.8 Å². The van der Waals surface area contributed by atoms with Crippen molar-refractivity contribution in [2.24, 2.45) is 5.92 Å². The molecule has 0 heterocycles. The Morgan fingerprint density at radius 3 is 2.00 bits per heavy atom. The number of hydrogen-bond acceptors (Lipinski definition) is 2. The van der Waals surface area contributed by atoms with Gasteiger partial charge in [-0.15, -0.1) is 0 Å². The smallest absolute Gasteiger partial charge is 1.00 e. The molecule has 0 bridgehead atoms. The number of hydrogen-bond donors (Lipinski definition) is 0. The van der Waals surface area contributed by atoms with Crippen LogP contribution >= 0.6 is 0 Å². The Labute approximate surface area is 93.9 Å². The van der Waals surface area contributed by atoms with Crippen LogP contribution in [0.25, 0.3) is 0 Å². The number of rotatable bonds is 1. The van der Waals surface area contributed by atoms with Gasteiger partial charge in [-0.2, -0.15) is 0 Å². The molecule has 0 unspecified atom stereocenters. The third-order valence-corrected chi connectivity index (χ3v) is 0.673. The molecule has 0 radical (unpaired) electrons. The Hall–Kier alpha value is 1.11. The first kappa shape index (κ1) is 11.8. The van der Waals surface area contributed by atoms with Crippen molar-refractivity contribution >= 4 is 5.97 Å². The summed E-state index contributed by atoms with van der Waals surface area (Å²) in [5.41, 5.74) is 0. The van der Waals surface area contributed by atoms with Gasteiger partial charge in [0, 0.05) is 0 Å². The van der Waals surface area contributed by atoms with Gasteiger partial charge in [0.25, 0.3) is 0 Å². The average molecular weight is 142 g/mol. The summed E-state index contributed by atoms with van der Waals surface area (Å²) in [6.45, 7) is 3.59. The Morgan fingerprint density at radius 2 is 2.00 bits per heavy atom. The van der Waals surface area contributed by atoms with Crippen molar-refractivity contribution in [1.29, 1.82) is 0 Å². The predicted molar refractivity (Wildman–Crippen MR) is 28.0 cm³/mol. The van der Waals surface area contributed by atoms with Crippen LogP contribution in [0.5, 0.6) is 0 Å². The van der Waals surface area contributed by atoms with Crippen LogP contribution in [0, 0.1) is 5.92 Å². The van der Waals surface area contributed by atoms with E-state index in [1.165, 1.54) is 7.11 Å². The summed E-state index contributed by atoms with van der Waals surface area (Å²) < 4.78 is 4.37. The van der Waals surface area contributed by atoms with Gasteiger partial charge in [-0.25, -0.2) is 0 Å². The first-order valence-electron chi connectivity index (χ1n) is 2.26. The SMILES string of the molecule is COC(=O)C(C)C.[H-].[K+]. The molecule has 0 aromatic carbocycles. The molecule has 0 aliphatic heterocycles. The summed E-state index contributed by atoms with van der Waals surface area (Å²) in [5.74, 6) is -0.148. The van der Waals surface area contributed by atoms with Crippen LogP contribution in [0.4, 0.5) is 0 Å². The number of carbonyl (C=O) groups excluding carboxylic acids is 1. The monoisotopic (exact) mass is 142 g/mol. The zero-order chi connectivity index (χ0) is 5.86. The summed E-state index contributed by atoms with van der Waals surface area (Å²) in [4.78, 5) is 10.3. The normalized spacial score (nSPS) is 8.00. The minimum atomic E-state index is -0.153. The summed E-state index contributed by atoms with van der Waals surface area (Å²) in [7, 11) is 1.39. The molecule has 0 rings (SSSR count). The van der Waals surface area contributed by atoms with Gasteiger partial charge >= 0.3 is 57.4 Å². The predicted octanol–water partition coefficient (Wildman–Crippen LogP) is -2.07. The first-order valence-corrected chi connectivity index (χ1v) is 2.26. The second-order valence-electron chi connectivity index (χ2n) is 1.68. The van der Waals surface area contributed by atoms with E-state index in [2.05, 4.69) is 4.74 Å². The van der Waals surface area contributed by atoms with E-state index in [1.807, 2.05) is 0 Å². The first-order chi connectivity index (χ1) is 3.18. The van der Waals surface area contributed by atoms with Crippen LogP contribution in [0.15, 0.2) is 0 Å². The van der Waals surface area contributed by atoms with Gasteiger partial charge in [-0.1, -0.05) is 13.8 Å². The number of ether oxygens (including phenoxy) is 1. The van der Waals surface area contributed by atoms with E-state index in [4.69, 9.17) is 0 Å². The Morgan fingerprint density at radius 1 is 1.62 bits per heavy atom. The molecule has 0 aromatic heterocycles. The molecule has 0 aliphatic carbocycles. The molecular formula is C5H11KO2. The van der Waals surface area contributed by atoms with Gasteiger partial charge in [0.05, 0.1) is 13.0 Å². The molecule has 8 heavy (non-hydrogen) atoms. The largest absolute Gasteiger partial charge is 1.00 e. The summed E-state index contributed by atoms with van der Waals surface area (Å²) in [5, 5.41) is 0. The molecule has 0 aliphatic rings. The molecule has 0 N–H and O–H groups in total. The zero-order valence-corrected chi connectivity index (χ0v) is 9.02. The minimum absolute atomic E-state index is 0. The minimum Gasteiger partial charge on any atom is -1.00 e. The fraction of sp³-hybridized carbons (Fsp3) is 0.800. The second-order valence-corrected chi connectivity index (χ2v) is 1.68. The van der Waals surface area contributed by atoms with E-state index in [1.54, 1.807) is 13.8 Å². The van der Waals surface area contributed by atoms with Gasteiger partial charge in [-0.3, -0.25) is 4.79 Å². The van der Waals surface area contributed by atoms with Crippen LogP contribution in [0.3, 0.4) is 0 Å². The van der Waals surface area contributed by atoms with Crippen LogP contribution in [-0.4, -0.2) is 13.1 Å². The maximum atomic E-state index is 10.3. The quantitative estimate of drug-likeness (QED) is 0.311. The van der Waals surface area contributed by atoms with E-state index in [0.717, 1.165) is 0 Å². The number of esters is 1. The van der Waals surface area contributed by atoms with E-state index in [9.17, 15) is 4.79 Å². The average Bonchev–Trinajstić information content (AvgIpc) is 1.65. The molecule has 0 saturated carbocycles. The molecule has 2 nitrogen and oxygen atoms in total. The molecule has 0 aromatic rings. The van der Waals surface area contributed by atoms with E-state index >= 15 is 0 Å². The maximum absolute atomic E-state index is 10.3. The van der Waals surface area contributed by atoms with E-state index in [-0.39, 0.29) is 64.7 Å². The van der Waals surface area contributed by atoms with Gasteiger partial charge in [0.1, 0.15) is 0 Å². The molecule has 3 heteroatoms. The molecule has 0 fully saturated rings. The fourth-order valence-electron chi connectivity index (χ4n) is 0.236. The third-order valence-electron chi connectivity index (χ3n) is 0.673. The zero-order valence-electron chi connectivity index (χ0n) is 6.89. The van der Waals surface area contributed by atoms with E-state index < -0.39 is 0 Å². The van der Waals surface area contributed by atoms with Crippen LogP contribution < -0.4 is 51.4 Å². The van der Waals surface area contributed by atoms with Crippen molar-refractivity contribution in [2.75, 3.05) is 7.11 Å². The Kier molecular flexibility index (Phi) is 9.23. The second kappa shape index (κ2) is 6.23. The van der Waals surface area contributed by atoms with Crippen LogP contribution in [-0.2, 0) is 9.53 Å². The van der Waals surface area contributed by atoms with Crippen molar-refractivity contribution < 1.29 is 62.3 Å². The third kappa shape index (κ3) is 5.25. The summed E-state index contributed by atoms with van der Waals surface area (Å²) >= 11 is 0. The van der Waals surface area contributed by atoms with Crippen molar-refractivity contribution in [3.8, 4) is 0 Å². The number of carbonyl (C=O) groups is 1. The van der Waals surface area contributed by atoms with Gasteiger partial charge in [0.2, 0.25) is 0 Å². The Balaban J connectivity index is -0.000000180. The molecule has 0 amide bonds. The van der Waals surface area contributed by atoms with Crippen molar-refractivity contribution in [1.82, 2.24) is 0 Å². The van der Waals surface area contributed by atoms with Crippen molar-refractivity contribution in [3.63, 3.8) is 0 Å². The van der Waals surface area contributed by atoms with Crippen LogP contribution in [0.1, 0.15) is 15.3 Å². The molecule has 0 spiro atoms. The summed E-state index contributed by atoms with van der Waals surface area (Å²) in [6.07, 6.45) is 0.